The van der Waals surface area contributed by atoms with Crippen molar-refractivity contribution in [1.29, 1.82) is 0 Å². The minimum absolute atomic E-state index is 0.0355. The first-order valence-electron chi connectivity index (χ1n) is 8.20. The molecule has 1 N–H and O–H groups in total. The van der Waals surface area contributed by atoms with E-state index in [0.29, 0.717) is 5.57 Å². The van der Waals surface area contributed by atoms with E-state index >= 15 is 0 Å². The number of nitrogens with one attached hydrogen (secondary N) is 1. The summed E-state index contributed by atoms with van der Waals surface area (Å²) in [6, 6.07) is 13.9. The van der Waals surface area contributed by atoms with Gasteiger partial charge < -0.3 is 10.1 Å². The summed E-state index contributed by atoms with van der Waals surface area (Å²) in [6.45, 7) is 9.78. The molecule has 24 heavy (non-hydrogen) atoms. The number of amides is 1. The van der Waals surface area contributed by atoms with Crippen molar-refractivity contribution in [2.24, 2.45) is 0 Å². The fraction of sp³-hybridized carbons (Fsp3) is 0.286. The van der Waals surface area contributed by atoms with Crippen LogP contribution in [0.1, 0.15) is 37.5 Å². The van der Waals surface area contributed by atoms with Crippen LogP contribution >= 0.6 is 0 Å². The van der Waals surface area contributed by atoms with Crippen molar-refractivity contribution in [3.05, 3.63) is 64.7 Å². The van der Waals surface area contributed by atoms with Gasteiger partial charge >= 0.3 is 0 Å². The lowest BCUT2D eigenvalue weighted by Crippen LogP contribution is -2.30. The van der Waals surface area contributed by atoms with E-state index in [2.05, 4.69) is 11.4 Å². The summed E-state index contributed by atoms with van der Waals surface area (Å²) < 4.78 is 5.95. The van der Waals surface area contributed by atoms with Crippen molar-refractivity contribution in [1.82, 2.24) is 5.32 Å². The maximum Gasteiger partial charge on any atom is 0.247 e. The lowest BCUT2D eigenvalue weighted by atomic mass is 10.0. The Balaban J connectivity index is 2.25. The summed E-state index contributed by atoms with van der Waals surface area (Å²) in [5, 5.41) is 2.91. The lowest BCUT2D eigenvalue weighted by molar-refractivity contribution is -0.117. The Bertz CT molecular complexity index is 746. The van der Waals surface area contributed by atoms with Crippen LogP contribution in [0, 0.1) is 13.8 Å². The van der Waals surface area contributed by atoms with Crippen molar-refractivity contribution < 1.29 is 9.53 Å². The monoisotopic (exact) mass is 323 g/mol. The van der Waals surface area contributed by atoms with Crippen LogP contribution in [0.15, 0.2) is 48.0 Å². The highest BCUT2D eigenvalue weighted by molar-refractivity contribution is 5.97. The molecule has 2 aromatic carbocycles. The Hall–Kier alpha value is -2.55. The van der Waals surface area contributed by atoms with Crippen molar-refractivity contribution in [3.8, 4) is 11.5 Å². The second-order valence-electron chi connectivity index (χ2n) is 6.34. The smallest absolute Gasteiger partial charge is 0.247 e. The van der Waals surface area contributed by atoms with Crippen molar-refractivity contribution in [2.75, 3.05) is 0 Å². The molecule has 0 radical (unpaired) electrons. The lowest BCUT2D eigenvalue weighted by Gasteiger charge is -2.13. The summed E-state index contributed by atoms with van der Waals surface area (Å²) in [6.07, 6.45) is 1.92. The van der Waals surface area contributed by atoms with E-state index < -0.39 is 0 Å². The van der Waals surface area contributed by atoms with Gasteiger partial charge in [0.15, 0.2) is 0 Å². The molecule has 1 amide bonds. The molecule has 0 aliphatic heterocycles. The first kappa shape index (κ1) is 17.8. The Kier molecular flexibility index (Phi) is 5.80. The Morgan fingerprint density at radius 1 is 1.08 bits per heavy atom. The molecule has 0 aliphatic carbocycles. The fourth-order valence-corrected chi connectivity index (χ4v) is 2.37. The van der Waals surface area contributed by atoms with Gasteiger partial charge in [-0.2, -0.15) is 0 Å². The van der Waals surface area contributed by atoms with Gasteiger partial charge in [-0.05, 0) is 81.7 Å². The van der Waals surface area contributed by atoms with E-state index in [9.17, 15) is 4.79 Å². The van der Waals surface area contributed by atoms with E-state index in [1.165, 1.54) is 0 Å². The zero-order valence-corrected chi connectivity index (χ0v) is 15.0. The Labute approximate surface area is 144 Å². The van der Waals surface area contributed by atoms with Crippen molar-refractivity contribution >= 4 is 12.0 Å². The van der Waals surface area contributed by atoms with Crippen LogP contribution in [0.5, 0.6) is 11.5 Å². The molecular weight excluding hydrogens is 298 g/mol. The number of rotatable bonds is 5. The average Bonchev–Trinajstić information content (AvgIpc) is 2.52. The standard InChI is InChI=1S/C21H25NO2/c1-14(2)22-21(23)17(5)12-18-11-16(4)20(13-15(18)3)24-19-9-7-6-8-10-19/h6-14H,1-5H3,(H,22,23). The quantitative estimate of drug-likeness (QED) is 0.784. The predicted octanol–water partition coefficient (Wildman–Crippen LogP) is 5.02. The molecule has 0 atom stereocenters. The van der Waals surface area contributed by atoms with Gasteiger partial charge in [0.1, 0.15) is 11.5 Å². The molecule has 126 valence electrons. The number of ether oxygens (including phenoxy) is 1. The van der Waals surface area contributed by atoms with Gasteiger partial charge in [-0.1, -0.05) is 18.2 Å². The summed E-state index contributed by atoms with van der Waals surface area (Å²) >= 11 is 0. The first-order chi connectivity index (χ1) is 11.4. The second-order valence-corrected chi connectivity index (χ2v) is 6.34. The molecular formula is C21H25NO2. The predicted molar refractivity (Wildman–Crippen MR) is 99.4 cm³/mol. The second kappa shape index (κ2) is 7.82. The van der Waals surface area contributed by atoms with E-state index in [-0.39, 0.29) is 11.9 Å². The average molecular weight is 323 g/mol. The Morgan fingerprint density at radius 2 is 1.75 bits per heavy atom. The third-order valence-electron chi connectivity index (χ3n) is 3.68. The summed E-state index contributed by atoms with van der Waals surface area (Å²) in [7, 11) is 0. The molecule has 2 aromatic rings. The molecule has 0 saturated heterocycles. The van der Waals surface area contributed by atoms with Gasteiger partial charge in [0.2, 0.25) is 5.91 Å². The summed E-state index contributed by atoms with van der Waals surface area (Å²) in [4.78, 5) is 12.1. The van der Waals surface area contributed by atoms with E-state index in [4.69, 9.17) is 4.74 Å². The number of para-hydroxylation sites is 1. The number of hydrogen-bond donors (Lipinski definition) is 1. The molecule has 0 unspecified atom stereocenters. The third kappa shape index (κ3) is 4.72. The summed E-state index contributed by atoms with van der Waals surface area (Å²) in [5.74, 6) is 1.61. The topological polar surface area (TPSA) is 38.3 Å². The molecule has 0 saturated carbocycles. The highest BCUT2D eigenvalue weighted by Crippen LogP contribution is 2.28. The Morgan fingerprint density at radius 3 is 2.38 bits per heavy atom. The molecule has 0 fully saturated rings. The van der Waals surface area contributed by atoms with E-state index in [0.717, 1.165) is 28.2 Å². The van der Waals surface area contributed by atoms with Crippen LogP contribution in [-0.4, -0.2) is 11.9 Å². The normalized spacial score (nSPS) is 11.5. The van der Waals surface area contributed by atoms with E-state index in [1.54, 1.807) is 0 Å². The number of carbonyl (C=O) groups is 1. The SMILES string of the molecule is CC(=Cc1cc(C)c(Oc2ccccc2)cc1C)C(=O)NC(C)C. The molecule has 0 bridgehead atoms. The number of carbonyl (C=O) groups excluding carboxylic acids is 1. The van der Waals surface area contributed by atoms with Crippen LogP contribution in [0.3, 0.4) is 0 Å². The molecule has 0 aromatic heterocycles. The first-order valence-corrected chi connectivity index (χ1v) is 8.20. The third-order valence-corrected chi connectivity index (χ3v) is 3.68. The maximum absolute atomic E-state index is 12.1. The molecule has 2 rings (SSSR count). The molecule has 0 spiro atoms. The van der Waals surface area contributed by atoms with Gasteiger partial charge in [0.25, 0.3) is 0 Å². The minimum Gasteiger partial charge on any atom is -0.457 e. The van der Waals surface area contributed by atoms with Crippen LogP contribution in [0.4, 0.5) is 0 Å². The molecule has 0 heterocycles. The number of hydrogen-bond acceptors (Lipinski definition) is 2. The van der Waals surface area contributed by atoms with Gasteiger partial charge in [0.05, 0.1) is 0 Å². The zero-order chi connectivity index (χ0) is 17.7. The van der Waals surface area contributed by atoms with Gasteiger partial charge in [-0.15, -0.1) is 0 Å². The maximum atomic E-state index is 12.1. The van der Waals surface area contributed by atoms with Crippen molar-refractivity contribution in [3.63, 3.8) is 0 Å². The van der Waals surface area contributed by atoms with E-state index in [1.807, 2.05) is 77.1 Å². The minimum atomic E-state index is -0.0355. The largest absolute Gasteiger partial charge is 0.457 e. The highest BCUT2D eigenvalue weighted by atomic mass is 16.5. The highest BCUT2D eigenvalue weighted by Gasteiger charge is 2.09. The van der Waals surface area contributed by atoms with Gasteiger partial charge in [0, 0.05) is 11.6 Å². The number of benzene rings is 2. The van der Waals surface area contributed by atoms with Crippen LogP contribution in [0.25, 0.3) is 6.08 Å². The van der Waals surface area contributed by atoms with Gasteiger partial charge in [-0.25, -0.2) is 0 Å². The number of aryl methyl sites for hydroxylation is 2. The molecule has 0 aliphatic rings. The molecule has 3 heteroatoms. The fourth-order valence-electron chi connectivity index (χ4n) is 2.37. The van der Waals surface area contributed by atoms with Crippen LogP contribution < -0.4 is 10.1 Å². The van der Waals surface area contributed by atoms with Crippen LogP contribution in [-0.2, 0) is 4.79 Å². The zero-order valence-electron chi connectivity index (χ0n) is 15.0. The van der Waals surface area contributed by atoms with Crippen molar-refractivity contribution in [2.45, 2.75) is 40.7 Å². The van der Waals surface area contributed by atoms with Gasteiger partial charge in [-0.3, -0.25) is 4.79 Å². The summed E-state index contributed by atoms with van der Waals surface area (Å²) in [5.41, 5.74) is 3.84. The van der Waals surface area contributed by atoms with Crippen LogP contribution in [0.2, 0.25) is 0 Å². The molecule has 3 nitrogen and oxygen atoms in total.